The summed E-state index contributed by atoms with van der Waals surface area (Å²) in [5, 5.41) is 3.30. The van der Waals surface area contributed by atoms with Crippen molar-refractivity contribution in [3.8, 4) is 0 Å². The van der Waals surface area contributed by atoms with E-state index in [-0.39, 0.29) is 0 Å². The molecule has 1 fully saturated rings. The number of hydrogen-bond acceptors (Lipinski definition) is 4. The van der Waals surface area contributed by atoms with Gasteiger partial charge in [0, 0.05) is 37.9 Å². The van der Waals surface area contributed by atoms with Crippen LogP contribution in [0.25, 0.3) is 0 Å². The molecule has 4 heteroatoms. The summed E-state index contributed by atoms with van der Waals surface area (Å²) >= 11 is 0. The minimum absolute atomic E-state index is 0.587. The number of aromatic nitrogens is 2. The molecule has 106 valence electrons. The standard InChI is InChI=1S/C15H25N3O/c1-4-16-14-9-13(7-11(2)3)17-15(18-14)8-12-5-6-19-10-12/h9,11-12H,4-8,10H2,1-3H3,(H,16,17,18). The van der Waals surface area contributed by atoms with Gasteiger partial charge in [0.05, 0.1) is 0 Å². The van der Waals surface area contributed by atoms with Crippen LogP contribution >= 0.6 is 0 Å². The molecule has 1 aromatic heterocycles. The molecule has 0 amide bonds. The average Bonchev–Trinajstić information content (AvgIpc) is 2.81. The second-order valence-electron chi connectivity index (χ2n) is 5.72. The Labute approximate surface area is 116 Å². The van der Waals surface area contributed by atoms with Gasteiger partial charge in [-0.05, 0) is 31.6 Å². The van der Waals surface area contributed by atoms with E-state index in [4.69, 9.17) is 9.72 Å². The van der Waals surface area contributed by atoms with Gasteiger partial charge in [-0.1, -0.05) is 13.8 Å². The van der Waals surface area contributed by atoms with E-state index in [0.717, 1.165) is 56.4 Å². The first-order valence-electron chi connectivity index (χ1n) is 7.35. The number of rotatable bonds is 6. The van der Waals surface area contributed by atoms with Gasteiger partial charge in [0.2, 0.25) is 0 Å². The lowest BCUT2D eigenvalue weighted by Crippen LogP contribution is -2.12. The summed E-state index contributed by atoms with van der Waals surface area (Å²) in [6.45, 7) is 9.17. The summed E-state index contributed by atoms with van der Waals surface area (Å²) in [6, 6.07) is 2.08. The Morgan fingerprint density at radius 3 is 2.89 bits per heavy atom. The van der Waals surface area contributed by atoms with Crippen molar-refractivity contribution in [2.75, 3.05) is 25.1 Å². The molecule has 19 heavy (non-hydrogen) atoms. The summed E-state index contributed by atoms with van der Waals surface area (Å²) in [4.78, 5) is 9.33. The van der Waals surface area contributed by atoms with Crippen LogP contribution in [-0.2, 0) is 17.6 Å². The van der Waals surface area contributed by atoms with Gasteiger partial charge >= 0.3 is 0 Å². The molecule has 1 aromatic rings. The van der Waals surface area contributed by atoms with Gasteiger partial charge in [-0.15, -0.1) is 0 Å². The molecule has 1 aliphatic heterocycles. The van der Waals surface area contributed by atoms with Crippen LogP contribution < -0.4 is 5.32 Å². The van der Waals surface area contributed by atoms with Crippen LogP contribution in [0.4, 0.5) is 5.82 Å². The van der Waals surface area contributed by atoms with Crippen LogP contribution in [0.2, 0.25) is 0 Å². The van der Waals surface area contributed by atoms with Gasteiger partial charge < -0.3 is 10.1 Å². The van der Waals surface area contributed by atoms with Crippen LogP contribution in [0.5, 0.6) is 0 Å². The van der Waals surface area contributed by atoms with E-state index in [1.54, 1.807) is 0 Å². The molecule has 1 atom stereocenters. The highest BCUT2D eigenvalue weighted by atomic mass is 16.5. The molecule has 1 aliphatic rings. The quantitative estimate of drug-likeness (QED) is 0.857. The van der Waals surface area contributed by atoms with Gasteiger partial charge in [-0.25, -0.2) is 9.97 Å². The summed E-state index contributed by atoms with van der Waals surface area (Å²) in [7, 11) is 0. The lowest BCUT2D eigenvalue weighted by molar-refractivity contribution is 0.185. The van der Waals surface area contributed by atoms with E-state index in [1.807, 2.05) is 0 Å². The van der Waals surface area contributed by atoms with E-state index in [0.29, 0.717) is 11.8 Å². The van der Waals surface area contributed by atoms with E-state index in [2.05, 4.69) is 37.1 Å². The molecule has 0 saturated carbocycles. The second-order valence-corrected chi connectivity index (χ2v) is 5.72. The predicted octanol–water partition coefficient (Wildman–Crippen LogP) is 2.69. The predicted molar refractivity (Wildman–Crippen MR) is 77.4 cm³/mol. The maximum Gasteiger partial charge on any atom is 0.131 e. The Morgan fingerprint density at radius 1 is 1.42 bits per heavy atom. The first-order valence-corrected chi connectivity index (χ1v) is 7.35. The molecule has 1 saturated heterocycles. The third kappa shape index (κ3) is 4.46. The monoisotopic (exact) mass is 263 g/mol. The maximum atomic E-state index is 5.43. The molecular formula is C15H25N3O. The molecule has 2 heterocycles. The molecule has 1 N–H and O–H groups in total. The summed E-state index contributed by atoms with van der Waals surface area (Å²) in [6.07, 6.45) is 3.08. The van der Waals surface area contributed by atoms with Crippen LogP contribution in [0.15, 0.2) is 6.07 Å². The van der Waals surface area contributed by atoms with Crippen LogP contribution in [0, 0.1) is 11.8 Å². The SMILES string of the molecule is CCNc1cc(CC(C)C)nc(CC2CCOC2)n1. The highest BCUT2D eigenvalue weighted by molar-refractivity contribution is 5.36. The number of hydrogen-bond donors (Lipinski definition) is 1. The van der Waals surface area contributed by atoms with E-state index < -0.39 is 0 Å². The minimum Gasteiger partial charge on any atom is -0.381 e. The fourth-order valence-electron chi connectivity index (χ4n) is 2.44. The lowest BCUT2D eigenvalue weighted by Gasteiger charge is -2.12. The first-order chi connectivity index (χ1) is 9.17. The van der Waals surface area contributed by atoms with Crippen molar-refractivity contribution in [2.45, 2.75) is 40.0 Å². The van der Waals surface area contributed by atoms with Crippen molar-refractivity contribution in [1.29, 1.82) is 0 Å². The largest absolute Gasteiger partial charge is 0.381 e. The van der Waals surface area contributed by atoms with Crippen LogP contribution in [0.1, 0.15) is 38.7 Å². The van der Waals surface area contributed by atoms with Crippen molar-refractivity contribution in [1.82, 2.24) is 9.97 Å². The zero-order valence-electron chi connectivity index (χ0n) is 12.3. The van der Waals surface area contributed by atoms with Gasteiger partial charge in [-0.3, -0.25) is 0 Å². The van der Waals surface area contributed by atoms with Gasteiger partial charge in [0.15, 0.2) is 0 Å². The van der Waals surface area contributed by atoms with E-state index in [1.165, 1.54) is 0 Å². The summed E-state index contributed by atoms with van der Waals surface area (Å²) in [5.74, 6) is 3.13. The molecule has 4 nitrogen and oxygen atoms in total. The average molecular weight is 263 g/mol. The number of nitrogens with one attached hydrogen (secondary N) is 1. The zero-order chi connectivity index (χ0) is 13.7. The molecule has 1 unspecified atom stereocenters. The summed E-state index contributed by atoms with van der Waals surface area (Å²) in [5.41, 5.74) is 1.15. The van der Waals surface area contributed by atoms with Crippen molar-refractivity contribution in [3.63, 3.8) is 0 Å². The zero-order valence-corrected chi connectivity index (χ0v) is 12.3. The Kier molecular flexibility index (Phi) is 5.14. The number of ether oxygens (including phenoxy) is 1. The van der Waals surface area contributed by atoms with E-state index in [9.17, 15) is 0 Å². The number of anilines is 1. The second kappa shape index (κ2) is 6.85. The Bertz CT molecular complexity index is 400. The molecule has 0 bridgehead atoms. The van der Waals surface area contributed by atoms with Crippen LogP contribution in [-0.4, -0.2) is 29.7 Å². The van der Waals surface area contributed by atoms with Crippen molar-refractivity contribution in [3.05, 3.63) is 17.6 Å². The Balaban J connectivity index is 2.12. The van der Waals surface area contributed by atoms with E-state index >= 15 is 0 Å². The van der Waals surface area contributed by atoms with Gasteiger partial charge in [0.25, 0.3) is 0 Å². The van der Waals surface area contributed by atoms with Gasteiger partial charge in [0.1, 0.15) is 11.6 Å². The molecule has 0 spiro atoms. The maximum absolute atomic E-state index is 5.43. The molecule has 0 radical (unpaired) electrons. The normalized spacial score (nSPS) is 19.1. The van der Waals surface area contributed by atoms with Crippen molar-refractivity contribution < 1.29 is 4.74 Å². The Hall–Kier alpha value is -1.16. The molecular weight excluding hydrogens is 238 g/mol. The van der Waals surface area contributed by atoms with Crippen molar-refractivity contribution >= 4 is 5.82 Å². The fraction of sp³-hybridized carbons (Fsp3) is 0.733. The molecule has 2 rings (SSSR count). The lowest BCUT2D eigenvalue weighted by atomic mass is 10.0. The molecule has 0 aliphatic carbocycles. The first kappa shape index (κ1) is 14.3. The van der Waals surface area contributed by atoms with Gasteiger partial charge in [-0.2, -0.15) is 0 Å². The highest BCUT2D eigenvalue weighted by Crippen LogP contribution is 2.18. The summed E-state index contributed by atoms with van der Waals surface area (Å²) < 4.78 is 5.43. The van der Waals surface area contributed by atoms with Crippen molar-refractivity contribution in [2.24, 2.45) is 11.8 Å². The topological polar surface area (TPSA) is 47.0 Å². The third-order valence-electron chi connectivity index (χ3n) is 3.30. The number of nitrogens with zero attached hydrogens (tertiary/aromatic N) is 2. The molecule has 0 aromatic carbocycles. The van der Waals surface area contributed by atoms with Crippen LogP contribution in [0.3, 0.4) is 0 Å². The smallest absolute Gasteiger partial charge is 0.131 e. The minimum atomic E-state index is 0.587. The third-order valence-corrected chi connectivity index (χ3v) is 3.30. The highest BCUT2D eigenvalue weighted by Gasteiger charge is 2.18. The fourth-order valence-corrected chi connectivity index (χ4v) is 2.44. The Morgan fingerprint density at radius 2 is 2.26 bits per heavy atom.